The van der Waals surface area contributed by atoms with E-state index in [1.165, 1.54) is 0 Å². The van der Waals surface area contributed by atoms with Gasteiger partial charge in [0.1, 0.15) is 0 Å². The van der Waals surface area contributed by atoms with E-state index in [1.807, 2.05) is 0 Å². The number of carboxylic acid groups (broad SMARTS) is 1. The molecule has 1 saturated carbocycles. The maximum absolute atomic E-state index is 11.7. The van der Waals surface area contributed by atoms with Gasteiger partial charge in [0.2, 0.25) is 10.0 Å². The van der Waals surface area contributed by atoms with Gasteiger partial charge in [0.15, 0.2) is 5.25 Å². The van der Waals surface area contributed by atoms with Crippen LogP contribution in [-0.2, 0) is 14.8 Å². The third-order valence-electron chi connectivity index (χ3n) is 3.27. The van der Waals surface area contributed by atoms with Gasteiger partial charge < -0.3 is 5.11 Å². The van der Waals surface area contributed by atoms with Crippen LogP contribution in [0.2, 0.25) is 0 Å². The molecular formula is C10H16N2O4S. The molecule has 2 N–H and O–H groups in total. The Labute approximate surface area is 101 Å². The number of nitrogens with zero attached hydrogens (tertiary/aromatic N) is 1. The van der Waals surface area contributed by atoms with Crippen molar-refractivity contribution in [2.24, 2.45) is 5.41 Å². The van der Waals surface area contributed by atoms with Crippen LogP contribution in [0.25, 0.3) is 0 Å². The van der Waals surface area contributed by atoms with Crippen LogP contribution in [0, 0.1) is 16.7 Å². The van der Waals surface area contributed by atoms with Gasteiger partial charge in [-0.2, -0.15) is 5.26 Å². The van der Waals surface area contributed by atoms with Crippen molar-refractivity contribution in [3.63, 3.8) is 0 Å². The van der Waals surface area contributed by atoms with Crippen LogP contribution in [0.5, 0.6) is 0 Å². The number of rotatable bonds is 6. The summed E-state index contributed by atoms with van der Waals surface area (Å²) in [7, 11) is -3.74. The van der Waals surface area contributed by atoms with Gasteiger partial charge in [0.05, 0.1) is 11.5 Å². The highest BCUT2D eigenvalue weighted by molar-refractivity contribution is 7.90. The van der Waals surface area contributed by atoms with E-state index in [0.29, 0.717) is 12.8 Å². The number of carboxylic acids is 1. The molecule has 0 amide bonds. The van der Waals surface area contributed by atoms with Gasteiger partial charge in [0.25, 0.3) is 0 Å². The topological polar surface area (TPSA) is 107 Å². The van der Waals surface area contributed by atoms with E-state index >= 15 is 0 Å². The summed E-state index contributed by atoms with van der Waals surface area (Å²) in [4.78, 5) is 11.0. The maximum atomic E-state index is 11.7. The first kappa shape index (κ1) is 13.9. The van der Waals surface area contributed by atoms with Gasteiger partial charge in [-0.1, -0.05) is 13.3 Å². The van der Waals surface area contributed by atoms with E-state index in [4.69, 9.17) is 10.4 Å². The van der Waals surface area contributed by atoms with Crippen molar-refractivity contribution in [1.82, 2.24) is 4.72 Å². The van der Waals surface area contributed by atoms with Gasteiger partial charge in [-0.25, -0.2) is 13.1 Å². The van der Waals surface area contributed by atoms with E-state index in [1.54, 1.807) is 13.0 Å². The lowest BCUT2D eigenvalue weighted by molar-refractivity contribution is -0.153. The standard InChI is InChI=1S/C10H16N2O4S/c1-2-8(6-11)17(15,16)12-7-10(9(13)14)4-3-5-10/h8,12H,2-5,7H2,1H3,(H,13,14). The Hall–Kier alpha value is -1.13. The molecule has 0 aromatic heterocycles. The lowest BCUT2D eigenvalue weighted by atomic mass is 9.69. The first-order valence-electron chi connectivity index (χ1n) is 5.49. The Kier molecular flexibility index (Phi) is 4.11. The van der Waals surface area contributed by atoms with Crippen molar-refractivity contribution in [3.05, 3.63) is 0 Å². The van der Waals surface area contributed by atoms with Gasteiger partial charge in [0, 0.05) is 6.54 Å². The monoisotopic (exact) mass is 260 g/mol. The first-order chi connectivity index (χ1) is 7.88. The predicted molar refractivity (Wildman–Crippen MR) is 60.5 cm³/mol. The summed E-state index contributed by atoms with van der Waals surface area (Å²) in [5, 5.41) is 16.6. The quantitative estimate of drug-likeness (QED) is 0.721. The molecule has 0 aliphatic heterocycles. The lowest BCUT2D eigenvalue weighted by Gasteiger charge is -2.37. The number of aliphatic carboxylic acids is 1. The summed E-state index contributed by atoms with van der Waals surface area (Å²) in [6.07, 6.45) is 1.94. The zero-order valence-electron chi connectivity index (χ0n) is 9.64. The average Bonchev–Trinajstić information content (AvgIpc) is 2.16. The highest BCUT2D eigenvalue weighted by atomic mass is 32.2. The van der Waals surface area contributed by atoms with Crippen LogP contribution in [0.3, 0.4) is 0 Å². The fraction of sp³-hybridized carbons (Fsp3) is 0.800. The smallest absolute Gasteiger partial charge is 0.310 e. The molecule has 6 nitrogen and oxygen atoms in total. The predicted octanol–water partition coefficient (Wildman–Crippen LogP) is 0.463. The molecule has 0 aromatic carbocycles. The van der Waals surface area contributed by atoms with E-state index in [2.05, 4.69) is 4.72 Å². The van der Waals surface area contributed by atoms with E-state index in [9.17, 15) is 13.2 Å². The molecule has 0 heterocycles. The van der Waals surface area contributed by atoms with E-state index < -0.39 is 26.7 Å². The molecule has 0 aromatic rings. The summed E-state index contributed by atoms with van der Waals surface area (Å²) in [5.74, 6) is -0.976. The van der Waals surface area contributed by atoms with Crippen molar-refractivity contribution < 1.29 is 18.3 Å². The summed E-state index contributed by atoms with van der Waals surface area (Å²) in [6, 6.07) is 1.70. The molecule has 1 unspecified atom stereocenters. The molecule has 1 fully saturated rings. The first-order valence-corrected chi connectivity index (χ1v) is 7.04. The Morgan fingerprint density at radius 3 is 2.47 bits per heavy atom. The van der Waals surface area contributed by atoms with Crippen molar-refractivity contribution in [2.75, 3.05) is 6.54 Å². The molecule has 0 spiro atoms. The molecule has 7 heteroatoms. The van der Waals surface area contributed by atoms with Gasteiger partial charge in [-0.3, -0.25) is 4.79 Å². The largest absolute Gasteiger partial charge is 0.481 e. The third-order valence-corrected chi connectivity index (χ3v) is 5.00. The average molecular weight is 260 g/mol. The van der Waals surface area contributed by atoms with Crippen LogP contribution in [0.1, 0.15) is 32.6 Å². The molecule has 1 aliphatic carbocycles. The van der Waals surface area contributed by atoms with Gasteiger partial charge >= 0.3 is 5.97 Å². The molecule has 1 aliphatic rings. The number of nitriles is 1. The molecule has 0 bridgehead atoms. The molecular weight excluding hydrogens is 244 g/mol. The van der Waals surface area contributed by atoms with Crippen LogP contribution < -0.4 is 4.72 Å². The molecule has 1 atom stereocenters. The molecule has 17 heavy (non-hydrogen) atoms. The lowest BCUT2D eigenvalue weighted by Crippen LogP contribution is -2.49. The highest BCUT2D eigenvalue weighted by Gasteiger charge is 2.45. The fourth-order valence-electron chi connectivity index (χ4n) is 1.79. The Bertz CT molecular complexity index is 434. The van der Waals surface area contributed by atoms with E-state index in [-0.39, 0.29) is 13.0 Å². The van der Waals surface area contributed by atoms with Crippen molar-refractivity contribution >= 4 is 16.0 Å². The minimum absolute atomic E-state index is 0.122. The molecule has 0 radical (unpaired) electrons. The van der Waals surface area contributed by atoms with Crippen LogP contribution >= 0.6 is 0 Å². The van der Waals surface area contributed by atoms with Crippen molar-refractivity contribution in [2.45, 2.75) is 37.9 Å². The Morgan fingerprint density at radius 2 is 2.18 bits per heavy atom. The van der Waals surface area contributed by atoms with Gasteiger partial charge in [-0.15, -0.1) is 0 Å². The van der Waals surface area contributed by atoms with E-state index in [0.717, 1.165) is 6.42 Å². The second-order valence-corrected chi connectivity index (χ2v) is 6.28. The number of hydrogen-bond acceptors (Lipinski definition) is 4. The zero-order valence-corrected chi connectivity index (χ0v) is 10.5. The highest BCUT2D eigenvalue weighted by Crippen LogP contribution is 2.40. The van der Waals surface area contributed by atoms with Crippen molar-refractivity contribution in [3.8, 4) is 6.07 Å². The Balaban J connectivity index is 2.68. The number of hydrogen-bond donors (Lipinski definition) is 2. The van der Waals surface area contributed by atoms with Crippen LogP contribution in [0.15, 0.2) is 0 Å². The fourth-order valence-corrected chi connectivity index (χ4v) is 3.05. The summed E-state index contributed by atoms with van der Waals surface area (Å²) in [5.41, 5.74) is -0.971. The summed E-state index contributed by atoms with van der Waals surface area (Å²) in [6.45, 7) is 1.48. The second kappa shape index (κ2) is 5.02. The molecule has 96 valence electrons. The molecule has 1 rings (SSSR count). The van der Waals surface area contributed by atoms with Crippen LogP contribution in [-0.4, -0.2) is 31.3 Å². The molecule has 0 saturated heterocycles. The number of nitrogens with one attached hydrogen (secondary N) is 1. The second-order valence-electron chi connectivity index (χ2n) is 4.33. The maximum Gasteiger partial charge on any atom is 0.310 e. The zero-order chi connectivity index (χ0) is 13.1. The normalized spacial score (nSPS) is 20.0. The number of sulfonamides is 1. The Morgan fingerprint density at radius 1 is 1.59 bits per heavy atom. The number of carbonyl (C=O) groups is 1. The minimum Gasteiger partial charge on any atom is -0.481 e. The minimum atomic E-state index is -3.74. The van der Waals surface area contributed by atoms with Gasteiger partial charge in [-0.05, 0) is 19.3 Å². The van der Waals surface area contributed by atoms with Crippen LogP contribution in [0.4, 0.5) is 0 Å². The summed E-state index contributed by atoms with van der Waals surface area (Å²) >= 11 is 0. The van der Waals surface area contributed by atoms with Crippen molar-refractivity contribution in [1.29, 1.82) is 5.26 Å². The third kappa shape index (κ3) is 2.76. The SMILES string of the molecule is CCC(C#N)S(=O)(=O)NCC1(C(=O)O)CCC1. The summed E-state index contributed by atoms with van der Waals surface area (Å²) < 4.78 is 25.6.